The second-order valence-electron chi connectivity index (χ2n) is 4.91. The fourth-order valence-corrected chi connectivity index (χ4v) is 2.26. The van der Waals surface area contributed by atoms with Gasteiger partial charge in [0, 0.05) is 19.3 Å². The van der Waals surface area contributed by atoms with Crippen molar-refractivity contribution in [1.29, 1.82) is 0 Å². The lowest BCUT2D eigenvalue weighted by molar-refractivity contribution is 0.0831. The Morgan fingerprint density at radius 2 is 1.96 bits per heavy atom. The molecule has 3 aliphatic rings. The molecule has 2 N–H and O–H groups in total. The number of hydrogen-bond acceptors (Lipinski definition) is 7. The van der Waals surface area contributed by atoms with Crippen LogP contribution < -0.4 is 5.73 Å². The normalized spacial score (nSPS) is 23.5. The van der Waals surface area contributed by atoms with E-state index in [4.69, 9.17) is 10.5 Å². The summed E-state index contributed by atoms with van der Waals surface area (Å²) in [5, 5.41) is 0. The average molecular weight is 336 g/mol. The first-order valence-electron chi connectivity index (χ1n) is 7.26. The zero-order chi connectivity index (χ0) is 17.5. The first-order chi connectivity index (χ1) is 11.6. The standard InChI is InChI=1S/C8H11N3O3.C7H9NO2/c1-13-8(12)11-4-2-3-5-6(11)10-7(9)14-5;1-10-7(9)8-5-3-2-4-6-8/h2-3,5-6H,4H2,1H3,(H2,9,10);2-5H,6H2,1H3/t5-,6+;/m1./s1. The van der Waals surface area contributed by atoms with Crippen molar-refractivity contribution in [2.24, 2.45) is 10.7 Å². The molecular formula is C15H20N4O5. The molecule has 24 heavy (non-hydrogen) atoms. The average Bonchev–Trinajstić information content (AvgIpc) is 3.01. The van der Waals surface area contributed by atoms with E-state index < -0.39 is 6.09 Å². The van der Waals surface area contributed by atoms with Crippen molar-refractivity contribution in [1.82, 2.24) is 9.80 Å². The van der Waals surface area contributed by atoms with Crippen molar-refractivity contribution >= 4 is 18.2 Å². The second-order valence-corrected chi connectivity index (χ2v) is 4.91. The zero-order valence-electron chi connectivity index (χ0n) is 13.5. The quantitative estimate of drug-likeness (QED) is 0.656. The summed E-state index contributed by atoms with van der Waals surface area (Å²) in [6.45, 7) is 1.07. The number of amides is 2. The number of methoxy groups -OCH3 is 2. The number of nitrogens with two attached hydrogens (primary N) is 1. The molecule has 0 aromatic carbocycles. The molecule has 3 heterocycles. The Kier molecular flexibility index (Phi) is 5.83. The predicted molar refractivity (Wildman–Crippen MR) is 85.9 cm³/mol. The number of allylic oxidation sites excluding steroid dienone is 2. The molecule has 0 unspecified atom stereocenters. The number of aliphatic imine (C=N–C) groups is 1. The van der Waals surface area contributed by atoms with Crippen LogP contribution in [0.4, 0.5) is 9.59 Å². The van der Waals surface area contributed by atoms with Crippen molar-refractivity contribution in [2.45, 2.75) is 12.3 Å². The van der Waals surface area contributed by atoms with Gasteiger partial charge in [0.2, 0.25) is 0 Å². The smallest absolute Gasteiger partial charge is 0.413 e. The van der Waals surface area contributed by atoms with Crippen LogP contribution in [0.25, 0.3) is 0 Å². The summed E-state index contributed by atoms with van der Waals surface area (Å²) in [5.41, 5.74) is 5.41. The maximum absolute atomic E-state index is 11.3. The Balaban J connectivity index is 0.000000185. The summed E-state index contributed by atoms with van der Waals surface area (Å²) >= 11 is 0. The van der Waals surface area contributed by atoms with Gasteiger partial charge < -0.3 is 19.9 Å². The molecule has 9 nitrogen and oxygen atoms in total. The van der Waals surface area contributed by atoms with Crippen LogP contribution in [-0.4, -0.2) is 67.6 Å². The van der Waals surface area contributed by atoms with Gasteiger partial charge >= 0.3 is 12.2 Å². The van der Waals surface area contributed by atoms with Gasteiger partial charge in [0.15, 0.2) is 12.3 Å². The summed E-state index contributed by atoms with van der Waals surface area (Å²) in [5.74, 6) is 0. The Hall–Kier alpha value is -2.97. The molecule has 3 rings (SSSR count). The van der Waals surface area contributed by atoms with Gasteiger partial charge in [0.25, 0.3) is 6.02 Å². The lowest BCUT2D eigenvalue weighted by Gasteiger charge is -2.29. The number of hydrogen-bond donors (Lipinski definition) is 1. The Morgan fingerprint density at radius 1 is 1.21 bits per heavy atom. The number of ether oxygens (including phenoxy) is 3. The highest BCUT2D eigenvalue weighted by Crippen LogP contribution is 2.21. The van der Waals surface area contributed by atoms with Crippen LogP contribution in [0.2, 0.25) is 0 Å². The molecule has 9 heteroatoms. The zero-order valence-corrected chi connectivity index (χ0v) is 13.5. The van der Waals surface area contributed by atoms with E-state index in [1.54, 1.807) is 12.3 Å². The molecule has 0 radical (unpaired) electrons. The first-order valence-corrected chi connectivity index (χ1v) is 7.26. The van der Waals surface area contributed by atoms with Gasteiger partial charge in [-0.3, -0.25) is 9.80 Å². The molecule has 0 aromatic heterocycles. The second kappa shape index (κ2) is 8.04. The van der Waals surface area contributed by atoms with Crippen LogP contribution in [0.3, 0.4) is 0 Å². The van der Waals surface area contributed by atoms with Crippen LogP contribution in [-0.2, 0) is 14.2 Å². The Labute approximate surface area is 139 Å². The number of nitrogens with zero attached hydrogens (tertiary/aromatic N) is 3. The predicted octanol–water partition coefficient (Wildman–Crippen LogP) is 0.802. The molecule has 130 valence electrons. The van der Waals surface area contributed by atoms with Crippen molar-refractivity contribution in [3.8, 4) is 0 Å². The number of amidine groups is 1. The third kappa shape index (κ3) is 4.06. The summed E-state index contributed by atoms with van der Waals surface area (Å²) < 4.78 is 14.3. The monoisotopic (exact) mass is 336 g/mol. The topological polar surface area (TPSA) is 107 Å². The van der Waals surface area contributed by atoms with Gasteiger partial charge in [-0.1, -0.05) is 18.2 Å². The van der Waals surface area contributed by atoms with Gasteiger partial charge in [0.1, 0.15) is 0 Å². The fraction of sp³-hybridized carbons (Fsp3) is 0.400. The third-order valence-corrected chi connectivity index (χ3v) is 3.39. The van der Waals surface area contributed by atoms with Crippen LogP contribution >= 0.6 is 0 Å². The van der Waals surface area contributed by atoms with E-state index >= 15 is 0 Å². The summed E-state index contributed by atoms with van der Waals surface area (Å²) in [6, 6.07) is 0.112. The van der Waals surface area contributed by atoms with E-state index in [0.29, 0.717) is 13.1 Å². The SMILES string of the molecule is COC(=O)N1C=CC=CC1.COC(=O)N1CC=C[C@H]2OC(N)=N[C@H]21. The molecule has 0 bridgehead atoms. The van der Waals surface area contributed by atoms with Gasteiger partial charge in [-0.25, -0.2) is 14.6 Å². The van der Waals surface area contributed by atoms with Gasteiger partial charge in [-0.05, 0) is 12.2 Å². The lowest BCUT2D eigenvalue weighted by atomic mass is 10.2. The van der Waals surface area contributed by atoms with E-state index in [1.807, 2.05) is 24.3 Å². The number of carbonyl (C=O) groups excluding carboxylic acids is 2. The van der Waals surface area contributed by atoms with E-state index in [-0.39, 0.29) is 24.4 Å². The highest BCUT2D eigenvalue weighted by Gasteiger charge is 2.37. The van der Waals surface area contributed by atoms with E-state index in [0.717, 1.165) is 0 Å². The van der Waals surface area contributed by atoms with Crippen molar-refractivity contribution in [3.05, 3.63) is 36.6 Å². The third-order valence-electron chi connectivity index (χ3n) is 3.39. The Morgan fingerprint density at radius 3 is 2.58 bits per heavy atom. The molecule has 0 spiro atoms. The molecular weight excluding hydrogens is 316 g/mol. The van der Waals surface area contributed by atoms with Crippen molar-refractivity contribution < 1.29 is 23.8 Å². The first kappa shape index (κ1) is 17.4. The van der Waals surface area contributed by atoms with Gasteiger partial charge in [-0.2, -0.15) is 0 Å². The summed E-state index contributed by atoms with van der Waals surface area (Å²) in [4.78, 5) is 29.1. The van der Waals surface area contributed by atoms with Crippen LogP contribution in [0.15, 0.2) is 41.6 Å². The van der Waals surface area contributed by atoms with Crippen LogP contribution in [0.5, 0.6) is 0 Å². The highest BCUT2D eigenvalue weighted by molar-refractivity contribution is 5.76. The van der Waals surface area contributed by atoms with E-state index in [2.05, 4.69) is 14.5 Å². The molecule has 0 aliphatic carbocycles. The number of rotatable bonds is 0. The Bertz CT molecular complexity index is 599. The fourth-order valence-electron chi connectivity index (χ4n) is 2.26. The summed E-state index contributed by atoms with van der Waals surface area (Å²) in [6.07, 6.45) is 9.52. The molecule has 0 aromatic rings. The minimum atomic E-state index is -0.425. The minimum absolute atomic E-state index is 0.112. The molecule has 2 atom stereocenters. The lowest BCUT2D eigenvalue weighted by Crippen LogP contribution is -2.46. The van der Waals surface area contributed by atoms with Crippen LogP contribution in [0.1, 0.15) is 0 Å². The van der Waals surface area contributed by atoms with E-state index in [9.17, 15) is 9.59 Å². The maximum Gasteiger partial charge on any atom is 0.413 e. The van der Waals surface area contributed by atoms with Crippen molar-refractivity contribution in [3.63, 3.8) is 0 Å². The molecule has 0 saturated heterocycles. The molecule has 0 fully saturated rings. The van der Waals surface area contributed by atoms with Gasteiger partial charge in [0.05, 0.1) is 14.2 Å². The number of carbonyl (C=O) groups is 2. The van der Waals surface area contributed by atoms with E-state index in [1.165, 1.54) is 24.0 Å². The van der Waals surface area contributed by atoms with Crippen molar-refractivity contribution in [2.75, 3.05) is 27.3 Å². The highest BCUT2D eigenvalue weighted by atomic mass is 16.6. The summed E-state index contributed by atoms with van der Waals surface area (Å²) in [7, 11) is 2.70. The maximum atomic E-state index is 11.3. The molecule has 2 amide bonds. The molecule has 0 saturated carbocycles. The minimum Gasteiger partial charge on any atom is -0.454 e. The van der Waals surface area contributed by atoms with Crippen LogP contribution in [0, 0.1) is 0 Å². The largest absolute Gasteiger partial charge is 0.454 e. The van der Waals surface area contributed by atoms with Gasteiger partial charge in [-0.15, -0.1) is 0 Å². The molecule has 3 aliphatic heterocycles. The number of fused-ring (bicyclic) bond motifs is 1.